The topological polar surface area (TPSA) is 35.5 Å². The zero-order valence-electron chi connectivity index (χ0n) is 6.87. The van der Waals surface area contributed by atoms with Crippen LogP contribution in [0.15, 0.2) is 37.0 Å². The zero-order chi connectivity index (χ0) is 9.14. The van der Waals surface area contributed by atoms with Gasteiger partial charge in [-0.2, -0.15) is 0 Å². The van der Waals surface area contributed by atoms with Crippen molar-refractivity contribution in [2.75, 3.05) is 0 Å². The van der Waals surface area contributed by atoms with Crippen molar-refractivity contribution >= 4 is 5.78 Å². The molecule has 12 heavy (non-hydrogen) atoms. The van der Waals surface area contributed by atoms with Gasteiger partial charge in [0.2, 0.25) is 11.9 Å². The van der Waals surface area contributed by atoms with Gasteiger partial charge in [0.1, 0.15) is 6.26 Å². The summed E-state index contributed by atoms with van der Waals surface area (Å²) in [4.78, 5) is 11.2. The summed E-state index contributed by atoms with van der Waals surface area (Å²) in [5, 5.41) is 0. The van der Waals surface area contributed by atoms with Crippen LogP contribution in [0.3, 0.4) is 0 Å². The van der Waals surface area contributed by atoms with Crippen LogP contribution in [-0.4, -0.2) is 11.9 Å². The number of ketones is 1. The van der Waals surface area contributed by atoms with Gasteiger partial charge in [-0.1, -0.05) is 13.2 Å². The highest BCUT2D eigenvalue weighted by Crippen LogP contribution is 2.22. The molecule has 1 atom stereocenters. The van der Waals surface area contributed by atoms with Gasteiger partial charge in [0.25, 0.3) is 0 Å². The third-order valence-corrected chi connectivity index (χ3v) is 1.46. The van der Waals surface area contributed by atoms with Crippen molar-refractivity contribution in [3.05, 3.63) is 37.0 Å². The van der Waals surface area contributed by atoms with E-state index >= 15 is 0 Å². The van der Waals surface area contributed by atoms with E-state index in [0.29, 0.717) is 11.3 Å². The molecular weight excluding hydrogens is 156 g/mol. The van der Waals surface area contributed by atoms with Crippen molar-refractivity contribution in [3.8, 4) is 0 Å². The maximum Gasteiger partial charge on any atom is 0.220 e. The van der Waals surface area contributed by atoms with Crippen molar-refractivity contribution in [2.24, 2.45) is 0 Å². The summed E-state index contributed by atoms with van der Waals surface area (Å²) in [6, 6.07) is 0. The molecule has 0 radical (unpaired) electrons. The Bertz CT molecular complexity index is 263. The number of ether oxygens (including phenoxy) is 2. The monoisotopic (exact) mass is 166 g/mol. The molecule has 1 heterocycles. The molecule has 0 spiro atoms. The van der Waals surface area contributed by atoms with Crippen LogP contribution < -0.4 is 0 Å². The fourth-order valence-corrected chi connectivity index (χ4v) is 0.792. The smallest absolute Gasteiger partial charge is 0.220 e. The normalized spacial score (nSPS) is 19.8. The number of hydrogen-bond acceptors (Lipinski definition) is 3. The summed E-state index contributed by atoms with van der Waals surface area (Å²) in [6.07, 6.45) is 2.03. The van der Waals surface area contributed by atoms with E-state index in [9.17, 15) is 4.79 Å². The lowest BCUT2D eigenvalue weighted by Crippen LogP contribution is -2.32. The summed E-state index contributed by atoms with van der Waals surface area (Å²) in [5.74, 6) is 0.326. The molecule has 0 aromatic heterocycles. The number of rotatable bonds is 4. The third-order valence-electron chi connectivity index (χ3n) is 1.46. The Labute approximate surface area is 71.0 Å². The molecule has 0 amide bonds. The molecule has 3 heteroatoms. The van der Waals surface area contributed by atoms with Crippen LogP contribution in [0.2, 0.25) is 0 Å². The summed E-state index contributed by atoms with van der Waals surface area (Å²) < 4.78 is 9.77. The Kier molecular flexibility index (Phi) is 2.33. The number of carbonyl (C=O) groups is 1. The van der Waals surface area contributed by atoms with Crippen molar-refractivity contribution in [1.29, 1.82) is 0 Å². The molecular formula is C9H10O3. The first-order chi connectivity index (χ1) is 5.66. The van der Waals surface area contributed by atoms with E-state index in [1.54, 1.807) is 6.92 Å². The largest absolute Gasteiger partial charge is 0.478 e. The Balaban J connectivity index is 2.58. The lowest BCUT2D eigenvalue weighted by molar-refractivity contribution is -0.126. The number of hydrogen-bond donors (Lipinski definition) is 0. The molecule has 3 nitrogen and oxygen atoms in total. The fourth-order valence-electron chi connectivity index (χ4n) is 0.792. The van der Waals surface area contributed by atoms with Gasteiger partial charge in [0.05, 0.1) is 6.26 Å². The minimum atomic E-state index is -0.611. The van der Waals surface area contributed by atoms with Crippen LogP contribution in [-0.2, 0) is 14.3 Å². The number of Topliss-reactive ketones (excluding diaryl/α,β-unsaturated/α-hetero) is 1. The molecule has 0 aliphatic carbocycles. The second-order valence-electron chi connectivity index (χ2n) is 2.47. The second kappa shape index (κ2) is 3.26. The molecule has 1 aliphatic rings. The molecule has 0 N–H and O–H groups in total. The molecule has 0 fully saturated rings. The molecule has 0 saturated carbocycles. The first-order valence-electron chi connectivity index (χ1n) is 3.49. The van der Waals surface area contributed by atoms with E-state index in [1.807, 2.05) is 0 Å². The van der Waals surface area contributed by atoms with E-state index in [-0.39, 0.29) is 5.78 Å². The highest BCUT2D eigenvalue weighted by Gasteiger charge is 2.32. The van der Waals surface area contributed by atoms with Gasteiger partial charge in [0, 0.05) is 0 Å². The summed E-state index contributed by atoms with van der Waals surface area (Å²) in [5.41, 5.74) is 0.457. The summed E-state index contributed by atoms with van der Waals surface area (Å²) >= 11 is 0. The summed E-state index contributed by atoms with van der Waals surface area (Å²) in [7, 11) is 0. The van der Waals surface area contributed by atoms with Gasteiger partial charge in [-0.15, -0.1) is 0 Å². The van der Waals surface area contributed by atoms with Crippen LogP contribution in [0, 0.1) is 0 Å². The highest BCUT2D eigenvalue weighted by molar-refractivity contribution is 6.00. The number of carbonyl (C=O) groups excluding carboxylic acids is 1. The standard InChI is InChI=1S/C9H10O3/c1-4-11-7-5-12-9(7)8(10)6(2)3/h4-5,9H,1-2H2,3H3. The van der Waals surface area contributed by atoms with Crippen LogP contribution in [0.25, 0.3) is 0 Å². The lowest BCUT2D eigenvalue weighted by atomic mass is 10.1. The molecule has 1 aliphatic heterocycles. The predicted octanol–water partition coefficient (Wildman–Crippen LogP) is 1.53. The predicted molar refractivity (Wildman–Crippen MR) is 44.1 cm³/mol. The fraction of sp³-hybridized carbons (Fsp3) is 0.222. The van der Waals surface area contributed by atoms with E-state index in [1.165, 1.54) is 12.5 Å². The van der Waals surface area contributed by atoms with E-state index in [2.05, 4.69) is 13.2 Å². The second-order valence-corrected chi connectivity index (χ2v) is 2.47. The van der Waals surface area contributed by atoms with Crippen LogP contribution >= 0.6 is 0 Å². The van der Waals surface area contributed by atoms with Gasteiger partial charge in [-0.3, -0.25) is 4.79 Å². The van der Waals surface area contributed by atoms with Gasteiger partial charge >= 0.3 is 0 Å². The van der Waals surface area contributed by atoms with E-state index in [4.69, 9.17) is 9.47 Å². The van der Waals surface area contributed by atoms with E-state index < -0.39 is 6.10 Å². The molecule has 64 valence electrons. The first-order valence-corrected chi connectivity index (χ1v) is 3.49. The Hall–Kier alpha value is -1.51. The Morgan fingerprint density at radius 3 is 2.83 bits per heavy atom. The average Bonchev–Trinajstić information content (AvgIpc) is 1.98. The molecule has 1 unspecified atom stereocenters. The van der Waals surface area contributed by atoms with Gasteiger partial charge < -0.3 is 9.47 Å². The van der Waals surface area contributed by atoms with Crippen LogP contribution in [0.5, 0.6) is 0 Å². The molecule has 0 aromatic carbocycles. The molecule has 0 saturated heterocycles. The Morgan fingerprint density at radius 1 is 1.83 bits per heavy atom. The minimum absolute atomic E-state index is 0.158. The van der Waals surface area contributed by atoms with Crippen molar-refractivity contribution < 1.29 is 14.3 Å². The maximum atomic E-state index is 11.2. The van der Waals surface area contributed by atoms with Crippen molar-refractivity contribution in [1.82, 2.24) is 0 Å². The van der Waals surface area contributed by atoms with Crippen LogP contribution in [0.1, 0.15) is 6.92 Å². The Morgan fingerprint density at radius 2 is 2.50 bits per heavy atom. The SMILES string of the molecule is C=COC1=COC1C(=O)C(=C)C. The maximum absolute atomic E-state index is 11.2. The van der Waals surface area contributed by atoms with Crippen molar-refractivity contribution in [3.63, 3.8) is 0 Å². The van der Waals surface area contributed by atoms with Gasteiger partial charge in [-0.25, -0.2) is 0 Å². The van der Waals surface area contributed by atoms with Gasteiger partial charge in [-0.05, 0) is 12.5 Å². The third kappa shape index (κ3) is 1.39. The first kappa shape index (κ1) is 8.59. The lowest BCUT2D eigenvalue weighted by Gasteiger charge is -2.24. The average molecular weight is 166 g/mol. The minimum Gasteiger partial charge on any atom is -0.478 e. The molecule has 0 bridgehead atoms. The quantitative estimate of drug-likeness (QED) is 0.469. The zero-order valence-corrected chi connectivity index (χ0v) is 6.87. The summed E-state index contributed by atoms with van der Waals surface area (Å²) in [6.45, 7) is 8.52. The van der Waals surface area contributed by atoms with Crippen LogP contribution in [0.4, 0.5) is 0 Å². The van der Waals surface area contributed by atoms with Gasteiger partial charge in [0.15, 0.2) is 5.76 Å². The highest BCUT2D eigenvalue weighted by atomic mass is 16.6. The van der Waals surface area contributed by atoms with E-state index in [0.717, 1.165) is 0 Å². The molecule has 0 aromatic rings. The molecule has 1 rings (SSSR count). The van der Waals surface area contributed by atoms with Crippen molar-refractivity contribution in [2.45, 2.75) is 13.0 Å².